The van der Waals surface area contributed by atoms with Gasteiger partial charge in [-0.25, -0.2) is 9.97 Å². The summed E-state index contributed by atoms with van der Waals surface area (Å²) in [4.78, 5) is 22.4. The van der Waals surface area contributed by atoms with Crippen molar-refractivity contribution in [1.82, 2.24) is 14.9 Å². The summed E-state index contributed by atoms with van der Waals surface area (Å²) in [5, 5.41) is 3.59. The Morgan fingerprint density at radius 3 is 2.62 bits per heavy atom. The van der Waals surface area contributed by atoms with E-state index in [1.165, 1.54) is 6.33 Å². The Kier molecular flexibility index (Phi) is 5.36. The number of halogens is 1. The van der Waals surface area contributed by atoms with E-state index in [2.05, 4.69) is 15.3 Å². The Hall–Kier alpha value is -1.40. The molecular formula is C14H21ClN4O2. The third-order valence-electron chi connectivity index (χ3n) is 3.46. The fourth-order valence-corrected chi connectivity index (χ4v) is 2.68. The Bertz CT molecular complexity index is 504. The molecule has 0 spiro atoms. The van der Waals surface area contributed by atoms with Gasteiger partial charge < -0.3 is 15.0 Å². The fourth-order valence-electron chi connectivity index (χ4n) is 2.33. The highest BCUT2D eigenvalue weighted by Crippen LogP contribution is 2.28. The number of rotatable bonds is 4. The van der Waals surface area contributed by atoms with E-state index in [0.717, 1.165) is 5.56 Å². The third-order valence-corrected chi connectivity index (χ3v) is 3.76. The number of aromatic nitrogens is 2. The molecule has 1 N–H and O–H groups in total. The van der Waals surface area contributed by atoms with Crippen LogP contribution >= 0.6 is 11.6 Å². The van der Waals surface area contributed by atoms with E-state index in [1.54, 1.807) is 4.90 Å². The SMILES string of the molecule is CC(Nc1ncnc(Cl)c1C(C)C)C(=O)N1CCOCC1. The normalized spacial score (nSPS) is 16.9. The predicted molar refractivity (Wildman–Crippen MR) is 81.6 cm³/mol. The molecule has 2 rings (SSSR count). The maximum absolute atomic E-state index is 12.4. The molecule has 116 valence electrons. The molecule has 1 unspecified atom stereocenters. The fraction of sp³-hybridized carbons (Fsp3) is 0.643. The summed E-state index contributed by atoms with van der Waals surface area (Å²) in [7, 11) is 0. The topological polar surface area (TPSA) is 67.4 Å². The van der Waals surface area contributed by atoms with Gasteiger partial charge in [-0.3, -0.25) is 4.79 Å². The van der Waals surface area contributed by atoms with Crippen LogP contribution in [0.3, 0.4) is 0 Å². The number of hydrogen-bond donors (Lipinski definition) is 1. The zero-order valence-corrected chi connectivity index (χ0v) is 13.4. The first-order valence-electron chi connectivity index (χ1n) is 7.14. The van der Waals surface area contributed by atoms with E-state index in [4.69, 9.17) is 16.3 Å². The molecule has 1 atom stereocenters. The average molecular weight is 313 g/mol. The Morgan fingerprint density at radius 1 is 1.33 bits per heavy atom. The van der Waals surface area contributed by atoms with Crippen LogP contribution in [0.1, 0.15) is 32.3 Å². The van der Waals surface area contributed by atoms with E-state index in [0.29, 0.717) is 37.3 Å². The van der Waals surface area contributed by atoms with Gasteiger partial charge in [0.05, 0.1) is 13.2 Å². The predicted octanol–water partition coefficient (Wildman–Crippen LogP) is 1.91. The molecule has 1 fully saturated rings. The van der Waals surface area contributed by atoms with Crippen molar-refractivity contribution in [3.05, 3.63) is 17.0 Å². The van der Waals surface area contributed by atoms with Gasteiger partial charge in [0, 0.05) is 18.7 Å². The quantitative estimate of drug-likeness (QED) is 0.860. The minimum Gasteiger partial charge on any atom is -0.378 e. The van der Waals surface area contributed by atoms with Crippen molar-refractivity contribution in [2.75, 3.05) is 31.6 Å². The molecule has 0 saturated carbocycles. The zero-order valence-electron chi connectivity index (χ0n) is 12.6. The maximum atomic E-state index is 12.4. The highest BCUT2D eigenvalue weighted by Gasteiger charge is 2.24. The van der Waals surface area contributed by atoms with Crippen molar-refractivity contribution < 1.29 is 9.53 Å². The van der Waals surface area contributed by atoms with Crippen molar-refractivity contribution in [3.8, 4) is 0 Å². The number of morpholine rings is 1. The van der Waals surface area contributed by atoms with Crippen molar-refractivity contribution >= 4 is 23.3 Å². The summed E-state index contributed by atoms with van der Waals surface area (Å²) in [6, 6.07) is -0.369. The van der Waals surface area contributed by atoms with Gasteiger partial charge in [0.1, 0.15) is 23.3 Å². The summed E-state index contributed by atoms with van der Waals surface area (Å²) in [5.74, 6) is 0.841. The molecule has 0 aliphatic carbocycles. The van der Waals surface area contributed by atoms with E-state index in [-0.39, 0.29) is 17.9 Å². The first-order valence-corrected chi connectivity index (χ1v) is 7.52. The first-order chi connectivity index (χ1) is 10.0. The van der Waals surface area contributed by atoms with E-state index in [9.17, 15) is 4.79 Å². The Labute approximate surface area is 129 Å². The van der Waals surface area contributed by atoms with Crippen molar-refractivity contribution in [3.63, 3.8) is 0 Å². The highest BCUT2D eigenvalue weighted by molar-refractivity contribution is 6.30. The second kappa shape index (κ2) is 7.04. The molecule has 1 aromatic heterocycles. The Morgan fingerprint density at radius 2 is 2.00 bits per heavy atom. The summed E-state index contributed by atoms with van der Waals surface area (Å²) in [5.41, 5.74) is 0.834. The van der Waals surface area contributed by atoms with Gasteiger partial charge in [-0.15, -0.1) is 0 Å². The number of nitrogens with one attached hydrogen (secondary N) is 1. The summed E-state index contributed by atoms with van der Waals surface area (Å²) < 4.78 is 5.26. The number of hydrogen-bond acceptors (Lipinski definition) is 5. The van der Waals surface area contributed by atoms with Crippen LogP contribution in [0.2, 0.25) is 5.15 Å². The van der Waals surface area contributed by atoms with E-state index in [1.807, 2.05) is 20.8 Å². The lowest BCUT2D eigenvalue weighted by molar-refractivity contribution is -0.135. The lowest BCUT2D eigenvalue weighted by Gasteiger charge is -2.30. The number of amides is 1. The largest absolute Gasteiger partial charge is 0.378 e. The monoisotopic (exact) mass is 312 g/mol. The minimum atomic E-state index is -0.369. The summed E-state index contributed by atoms with van der Waals surface area (Å²) >= 11 is 6.13. The van der Waals surface area contributed by atoms with Crippen LogP contribution in [0.15, 0.2) is 6.33 Å². The number of carbonyl (C=O) groups excluding carboxylic acids is 1. The van der Waals surface area contributed by atoms with Crippen molar-refractivity contribution in [2.24, 2.45) is 0 Å². The van der Waals surface area contributed by atoms with Crippen LogP contribution in [-0.2, 0) is 9.53 Å². The second-order valence-electron chi connectivity index (χ2n) is 5.39. The molecule has 2 heterocycles. The summed E-state index contributed by atoms with van der Waals surface area (Å²) in [6.07, 6.45) is 1.41. The van der Waals surface area contributed by atoms with Crippen LogP contribution in [0, 0.1) is 0 Å². The lowest BCUT2D eigenvalue weighted by atomic mass is 10.1. The Balaban J connectivity index is 2.10. The number of anilines is 1. The van der Waals surface area contributed by atoms with E-state index < -0.39 is 0 Å². The molecule has 6 nitrogen and oxygen atoms in total. The molecule has 1 aliphatic rings. The van der Waals surface area contributed by atoms with Gasteiger partial charge in [0.15, 0.2) is 0 Å². The number of carbonyl (C=O) groups is 1. The zero-order chi connectivity index (χ0) is 15.4. The minimum absolute atomic E-state index is 0.0442. The third kappa shape index (κ3) is 3.83. The summed E-state index contributed by atoms with van der Waals surface area (Å²) in [6.45, 7) is 8.31. The second-order valence-corrected chi connectivity index (χ2v) is 5.74. The van der Waals surface area contributed by atoms with Crippen LogP contribution in [-0.4, -0.2) is 53.1 Å². The van der Waals surface area contributed by atoms with Crippen molar-refractivity contribution in [2.45, 2.75) is 32.7 Å². The van der Waals surface area contributed by atoms with Crippen LogP contribution in [0.25, 0.3) is 0 Å². The van der Waals surface area contributed by atoms with Crippen LogP contribution in [0.4, 0.5) is 5.82 Å². The van der Waals surface area contributed by atoms with Gasteiger partial charge in [-0.1, -0.05) is 25.4 Å². The van der Waals surface area contributed by atoms with Gasteiger partial charge in [-0.05, 0) is 12.8 Å². The standard InChI is InChI=1S/C14H21ClN4O2/c1-9(2)11-12(15)16-8-17-13(11)18-10(3)14(20)19-4-6-21-7-5-19/h8-10H,4-7H2,1-3H3,(H,16,17,18). The molecule has 0 aromatic carbocycles. The van der Waals surface area contributed by atoms with Crippen LogP contribution < -0.4 is 5.32 Å². The molecule has 1 aliphatic heterocycles. The average Bonchev–Trinajstić information content (AvgIpc) is 2.47. The lowest BCUT2D eigenvalue weighted by Crippen LogP contribution is -2.47. The molecule has 21 heavy (non-hydrogen) atoms. The maximum Gasteiger partial charge on any atom is 0.244 e. The molecule has 0 radical (unpaired) electrons. The molecule has 0 bridgehead atoms. The van der Waals surface area contributed by atoms with Gasteiger partial charge >= 0.3 is 0 Å². The van der Waals surface area contributed by atoms with Gasteiger partial charge in [-0.2, -0.15) is 0 Å². The molecule has 1 aromatic rings. The van der Waals surface area contributed by atoms with Crippen molar-refractivity contribution in [1.29, 1.82) is 0 Å². The van der Waals surface area contributed by atoms with Gasteiger partial charge in [0.2, 0.25) is 5.91 Å². The number of ether oxygens (including phenoxy) is 1. The molecular weight excluding hydrogens is 292 g/mol. The number of nitrogens with zero attached hydrogens (tertiary/aromatic N) is 3. The molecule has 1 amide bonds. The highest BCUT2D eigenvalue weighted by atomic mass is 35.5. The van der Waals surface area contributed by atoms with Gasteiger partial charge in [0.25, 0.3) is 0 Å². The molecule has 1 saturated heterocycles. The van der Waals surface area contributed by atoms with Crippen LogP contribution in [0.5, 0.6) is 0 Å². The molecule has 7 heteroatoms. The smallest absolute Gasteiger partial charge is 0.244 e. The first kappa shape index (κ1) is 16.0. The van der Waals surface area contributed by atoms with E-state index >= 15 is 0 Å².